The van der Waals surface area contributed by atoms with Gasteiger partial charge in [-0.15, -0.1) is 0 Å². The average molecular weight is 416 g/mol. The summed E-state index contributed by atoms with van der Waals surface area (Å²) < 4.78 is 12.8. The molecule has 0 saturated carbocycles. The molecular formula is C26H29N3O2. The van der Waals surface area contributed by atoms with Gasteiger partial charge < -0.3 is 9.47 Å². The van der Waals surface area contributed by atoms with Gasteiger partial charge in [-0.1, -0.05) is 52.0 Å². The lowest BCUT2D eigenvalue weighted by Gasteiger charge is -2.13. The molecule has 0 aliphatic carbocycles. The van der Waals surface area contributed by atoms with E-state index < -0.39 is 0 Å². The molecular weight excluding hydrogens is 386 g/mol. The van der Waals surface area contributed by atoms with Crippen molar-refractivity contribution in [1.82, 2.24) is 14.6 Å². The summed E-state index contributed by atoms with van der Waals surface area (Å²) in [5, 5.41) is 5.07. The molecule has 0 aliphatic heterocycles. The van der Waals surface area contributed by atoms with E-state index in [1.165, 1.54) is 0 Å². The molecule has 5 heteroatoms. The second kappa shape index (κ2) is 8.42. The van der Waals surface area contributed by atoms with Crippen LogP contribution >= 0.6 is 0 Å². The number of aromatic nitrogens is 3. The van der Waals surface area contributed by atoms with Crippen molar-refractivity contribution in [3.8, 4) is 33.9 Å². The molecule has 2 heterocycles. The van der Waals surface area contributed by atoms with Gasteiger partial charge in [0.25, 0.3) is 0 Å². The van der Waals surface area contributed by atoms with Crippen LogP contribution in [0.1, 0.15) is 50.9 Å². The molecule has 0 atom stereocenters. The largest absolute Gasteiger partial charge is 0.497 e. The maximum Gasteiger partial charge on any atom is 0.164 e. The Hall–Kier alpha value is -3.34. The Bertz CT molecular complexity index is 1210. The smallest absolute Gasteiger partial charge is 0.164 e. The fraction of sp³-hybridized carbons (Fsp3) is 0.308. The predicted molar refractivity (Wildman–Crippen MR) is 125 cm³/mol. The van der Waals surface area contributed by atoms with E-state index in [9.17, 15) is 0 Å². The first-order chi connectivity index (χ1) is 14.9. The van der Waals surface area contributed by atoms with Gasteiger partial charge in [-0.2, -0.15) is 5.10 Å². The van der Waals surface area contributed by atoms with Crippen LogP contribution in [0, 0.1) is 0 Å². The molecule has 160 valence electrons. The highest BCUT2D eigenvalue weighted by Gasteiger charge is 2.22. The standard InChI is InChI=1S/C26H29N3O2/c1-16(2)22-15-23(17(3)4)29-26(27-22)24(18-10-12-20(30-5)13-11-18)25(28-29)19-8-7-9-21(14-19)31-6/h7-17H,1-6H3. The van der Waals surface area contributed by atoms with Crippen LogP contribution in [-0.2, 0) is 0 Å². The van der Waals surface area contributed by atoms with Gasteiger partial charge in [0.15, 0.2) is 5.65 Å². The van der Waals surface area contributed by atoms with E-state index in [4.69, 9.17) is 19.6 Å². The second-order valence-electron chi connectivity index (χ2n) is 8.33. The van der Waals surface area contributed by atoms with Gasteiger partial charge in [-0.25, -0.2) is 9.50 Å². The van der Waals surface area contributed by atoms with E-state index in [1.54, 1.807) is 14.2 Å². The summed E-state index contributed by atoms with van der Waals surface area (Å²) in [5.74, 6) is 2.25. The molecule has 0 aliphatic rings. The Morgan fingerprint density at radius 1 is 0.774 bits per heavy atom. The van der Waals surface area contributed by atoms with Crippen LogP contribution in [-0.4, -0.2) is 28.8 Å². The van der Waals surface area contributed by atoms with E-state index in [0.29, 0.717) is 11.8 Å². The number of fused-ring (bicyclic) bond motifs is 1. The number of nitrogens with zero attached hydrogens (tertiary/aromatic N) is 3. The minimum atomic E-state index is 0.310. The first-order valence-electron chi connectivity index (χ1n) is 10.6. The zero-order chi connectivity index (χ0) is 22.1. The Labute approximate surface area is 183 Å². The van der Waals surface area contributed by atoms with Gasteiger partial charge in [-0.05, 0) is 47.7 Å². The Morgan fingerprint density at radius 2 is 1.48 bits per heavy atom. The quantitative estimate of drug-likeness (QED) is 0.369. The molecule has 31 heavy (non-hydrogen) atoms. The van der Waals surface area contributed by atoms with Crippen molar-refractivity contribution < 1.29 is 9.47 Å². The van der Waals surface area contributed by atoms with E-state index in [-0.39, 0.29) is 0 Å². The van der Waals surface area contributed by atoms with Crippen LogP contribution < -0.4 is 9.47 Å². The minimum absolute atomic E-state index is 0.310. The third-order valence-electron chi connectivity index (χ3n) is 5.54. The minimum Gasteiger partial charge on any atom is -0.497 e. The molecule has 0 bridgehead atoms. The molecule has 2 aromatic carbocycles. The number of benzene rings is 2. The van der Waals surface area contributed by atoms with Crippen LogP contribution in [0.25, 0.3) is 28.0 Å². The van der Waals surface area contributed by atoms with Crippen molar-refractivity contribution in [1.29, 1.82) is 0 Å². The van der Waals surface area contributed by atoms with Crippen molar-refractivity contribution >= 4 is 5.65 Å². The molecule has 4 aromatic rings. The van der Waals surface area contributed by atoms with Crippen molar-refractivity contribution in [3.63, 3.8) is 0 Å². The Morgan fingerprint density at radius 3 is 2.10 bits per heavy atom. The third kappa shape index (κ3) is 3.88. The van der Waals surface area contributed by atoms with Crippen molar-refractivity contribution in [3.05, 3.63) is 66.0 Å². The van der Waals surface area contributed by atoms with E-state index >= 15 is 0 Å². The Kier molecular flexibility index (Phi) is 5.68. The summed E-state index contributed by atoms with van der Waals surface area (Å²) >= 11 is 0. The summed E-state index contributed by atoms with van der Waals surface area (Å²) in [7, 11) is 3.36. The Balaban J connectivity index is 2.08. The lowest BCUT2D eigenvalue weighted by Crippen LogP contribution is -2.06. The molecule has 0 unspecified atom stereocenters. The molecule has 0 N–H and O–H groups in total. The van der Waals surface area contributed by atoms with Gasteiger partial charge in [0.1, 0.15) is 17.2 Å². The highest BCUT2D eigenvalue weighted by Crippen LogP contribution is 2.38. The van der Waals surface area contributed by atoms with Gasteiger partial charge in [0.2, 0.25) is 0 Å². The highest BCUT2D eigenvalue weighted by atomic mass is 16.5. The first-order valence-corrected chi connectivity index (χ1v) is 10.6. The number of ether oxygens (including phenoxy) is 2. The van der Waals surface area contributed by atoms with Crippen molar-refractivity contribution in [2.75, 3.05) is 14.2 Å². The summed E-state index contributed by atoms with van der Waals surface area (Å²) in [6.07, 6.45) is 0. The number of rotatable bonds is 6. The lowest BCUT2D eigenvalue weighted by molar-refractivity contribution is 0.415. The first kappa shape index (κ1) is 20.9. The molecule has 0 spiro atoms. The van der Waals surface area contributed by atoms with Crippen molar-refractivity contribution in [2.24, 2.45) is 0 Å². The zero-order valence-corrected chi connectivity index (χ0v) is 19.0. The molecule has 0 fully saturated rings. The molecule has 4 rings (SSSR count). The van der Waals surface area contributed by atoms with E-state index in [1.807, 2.05) is 34.8 Å². The molecule has 5 nitrogen and oxygen atoms in total. The van der Waals surface area contributed by atoms with Crippen molar-refractivity contribution in [2.45, 2.75) is 39.5 Å². The fourth-order valence-corrected chi connectivity index (χ4v) is 3.76. The maximum atomic E-state index is 5.47. The molecule has 0 amide bonds. The summed E-state index contributed by atoms with van der Waals surface area (Å²) in [4.78, 5) is 5.06. The van der Waals surface area contributed by atoms with Gasteiger partial charge in [0.05, 0.1) is 19.8 Å². The number of methoxy groups -OCH3 is 2. The third-order valence-corrected chi connectivity index (χ3v) is 5.54. The highest BCUT2D eigenvalue weighted by molar-refractivity contribution is 5.91. The number of hydrogen-bond donors (Lipinski definition) is 0. The van der Waals surface area contributed by atoms with E-state index in [0.717, 1.165) is 50.9 Å². The van der Waals surface area contributed by atoms with Gasteiger partial charge >= 0.3 is 0 Å². The normalized spacial score (nSPS) is 11.5. The summed E-state index contributed by atoms with van der Waals surface area (Å²) in [6, 6.07) is 18.3. The maximum absolute atomic E-state index is 5.47. The van der Waals surface area contributed by atoms with Crippen LogP contribution in [0.2, 0.25) is 0 Å². The average Bonchev–Trinajstić information content (AvgIpc) is 3.17. The fourth-order valence-electron chi connectivity index (χ4n) is 3.76. The van der Waals surface area contributed by atoms with Gasteiger partial charge in [0, 0.05) is 17.0 Å². The molecule has 2 aromatic heterocycles. The van der Waals surface area contributed by atoms with Crippen LogP contribution in [0.3, 0.4) is 0 Å². The van der Waals surface area contributed by atoms with E-state index in [2.05, 4.69) is 52.0 Å². The molecule has 0 saturated heterocycles. The summed E-state index contributed by atoms with van der Waals surface area (Å²) in [5.41, 5.74) is 7.05. The van der Waals surface area contributed by atoms with Gasteiger partial charge in [-0.3, -0.25) is 0 Å². The van der Waals surface area contributed by atoms with Crippen LogP contribution in [0.15, 0.2) is 54.6 Å². The van der Waals surface area contributed by atoms with Crippen LogP contribution in [0.5, 0.6) is 11.5 Å². The zero-order valence-electron chi connectivity index (χ0n) is 19.0. The summed E-state index contributed by atoms with van der Waals surface area (Å²) in [6.45, 7) is 8.74. The SMILES string of the molecule is COc1ccc(-c2c(-c3cccc(OC)c3)nn3c(C(C)C)cc(C(C)C)nc23)cc1. The molecule has 0 radical (unpaired) electrons. The monoisotopic (exact) mass is 415 g/mol. The topological polar surface area (TPSA) is 48.7 Å². The predicted octanol–water partition coefficient (Wildman–Crippen LogP) is 6.33. The van der Waals surface area contributed by atoms with Crippen LogP contribution in [0.4, 0.5) is 0 Å². The number of hydrogen-bond acceptors (Lipinski definition) is 4. The lowest BCUT2D eigenvalue weighted by atomic mass is 10.00. The second-order valence-corrected chi connectivity index (χ2v) is 8.33.